The van der Waals surface area contributed by atoms with Crippen LogP contribution in [0.25, 0.3) is 0 Å². The summed E-state index contributed by atoms with van der Waals surface area (Å²) in [5, 5.41) is 3.43. The van der Waals surface area contributed by atoms with Gasteiger partial charge in [0.15, 0.2) is 0 Å². The smallest absolute Gasteiger partial charge is 0.119 e. The molecule has 0 radical (unpaired) electrons. The molecule has 1 unspecified atom stereocenters. The molecule has 2 aliphatic rings. The first-order valence-electron chi connectivity index (χ1n) is 7.44. The Morgan fingerprint density at radius 1 is 1.11 bits per heavy atom. The molecule has 1 aromatic carbocycles. The van der Waals surface area contributed by atoms with Gasteiger partial charge < -0.3 is 10.1 Å². The summed E-state index contributed by atoms with van der Waals surface area (Å²) in [5.74, 6) is 4.30. The van der Waals surface area contributed by atoms with Crippen LogP contribution in [0.1, 0.15) is 24.8 Å². The van der Waals surface area contributed by atoms with Crippen LogP contribution in [0.4, 0.5) is 0 Å². The van der Waals surface area contributed by atoms with E-state index in [0.717, 1.165) is 17.4 Å². The van der Waals surface area contributed by atoms with Crippen LogP contribution in [0.3, 0.4) is 0 Å². The molecule has 1 atom stereocenters. The van der Waals surface area contributed by atoms with Crippen LogP contribution in [0.5, 0.6) is 5.75 Å². The molecule has 3 heteroatoms. The summed E-state index contributed by atoms with van der Waals surface area (Å²) < 4.78 is 5.99. The molecule has 0 saturated carbocycles. The molecule has 0 aliphatic carbocycles. The highest BCUT2D eigenvalue weighted by Crippen LogP contribution is 2.24. The first kappa shape index (κ1) is 13.3. The molecular weight excluding hydrogens is 254 g/mol. The lowest BCUT2D eigenvalue weighted by Crippen LogP contribution is -2.28. The molecule has 2 fully saturated rings. The Hall–Kier alpha value is -0.670. The summed E-state index contributed by atoms with van der Waals surface area (Å²) in [6, 6.07) is 8.80. The van der Waals surface area contributed by atoms with Crippen molar-refractivity contribution in [2.45, 2.75) is 31.8 Å². The van der Waals surface area contributed by atoms with Gasteiger partial charge in [0.25, 0.3) is 0 Å². The molecule has 104 valence electrons. The SMILES string of the molecule is c1cc(OC2CCSC2)ccc1CC1CCNCC1. The monoisotopic (exact) mass is 277 g/mol. The van der Waals surface area contributed by atoms with E-state index >= 15 is 0 Å². The van der Waals surface area contributed by atoms with E-state index in [2.05, 4.69) is 29.6 Å². The van der Waals surface area contributed by atoms with Crippen molar-refractivity contribution in [2.24, 2.45) is 5.92 Å². The van der Waals surface area contributed by atoms with Gasteiger partial charge in [-0.2, -0.15) is 11.8 Å². The van der Waals surface area contributed by atoms with Crippen LogP contribution in [-0.4, -0.2) is 30.7 Å². The Bertz CT molecular complexity index is 380. The van der Waals surface area contributed by atoms with Gasteiger partial charge in [-0.15, -0.1) is 0 Å². The third-order valence-corrected chi connectivity index (χ3v) is 5.23. The van der Waals surface area contributed by atoms with E-state index in [9.17, 15) is 0 Å². The lowest BCUT2D eigenvalue weighted by atomic mass is 9.91. The Kier molecular flexibility index (Phi) is 4.67. The summed E-state index contributed by atoms with van der Waals surface area (Å²) in [6.07, 6.45) is 5.48. The van der Waals surface area contributed by atoms with Gasteiger partial charge in [0, 0.05) is 5.75 Å². The van der Waals surface area contributed by atoms with Gasteiger partial charge in [-0.25, -0.2) is 0 Å². The molecule has 3 rings (SSSR count). The van der Waals surface area contributed by atoms with Crippen LogP contribution >= 0.6 is 11.8 Å². The second kappa shape index (κ2) is 6.67. The van der Waals surface area contributed by atoms with Crippen molar-refractivity contribution in [3.63, 3.8) is 0 Å². The standard InChI is InChI=1S/C16H23NOS/c1-3-15(18-16-7-10-19-12-16)4-2-13(1)11-14-5-8-17-9-6-14/h1-4,14,16-17H,5-12H2. The number of hydrogen-bond donors (Lipinski definition) is 1. The highest BCUT2D eigenvalue weighted by Gasteiger charge is 2.17. The number of rotatable bonds is 4. The highest BCUT2D eigenvalue weighted by atomic mass is 32.2. The molecule has 2 nitrogen and oxygen atoms in total. The second-order valence-corrected chi connectivity index (χ2v) is 6.79. The van der Waals surface area contributed by atoms with Gasteiger partial charge in [0.05, 0.1) is 0 Å². The van der Waals surface area contributed by atoms with Crippen molar-refractivity contribution in [1.82, 2.24) is 5.32 Å². The number of hydrogen-bond acceptors (Lipinski definition) is 3. The lowest BCUT2D eigenvalue weighted by Gasteiger charge is -2.22. The summed E-state index contributed by atoms with van der Waals surface area (Å²) in [6.45, 7) is 2.37. The van der Waals surface area contributed by atoms with Gasteiger partial charge >= 0.3 is 0 Å². The van der Waals surface area contributed by atoms with E-state index in [1.165, 1.54) is 50.1 Å². The minimum absolute atomic E-state index is 0.431. The first-order valence-corrected chi connectivity index (χ1v) is 8.60. The summed E-state index contributed by atoms with van der Waals surface area (Å²) >= 11 is 2.00. The largest absolute Gasteiger partial charge is 0.490 e. The van der Waals surface area contributed by atoms with Crippen molar-refractivity contribution in [1.29, 1.82) is 0 Å². The molecule has 0 amide bonds. The van der Waals surface area contributed by atoms with Crippen LogP contribution in [0.2, 0.25) is 0 Å². The normalized spacial score (nSPS) is 24.5. The predicted molar refractivity (Wildman–Crippen MR) is 82.1 cm³/mol. The third kappa shape index (κ3) is 3.90. The molecule has 0 spiro atoms. The zero-order valence-corrected chi connectivity index (χ0v) is 12.3. The Balaban J connectivity index is 1.52. The average Bonchev–Trinajstić information content (AvgIpc) is 2.95. The molecule has 1 aromatic rings. The Morgan fingerprint density at radius 2 is 1.89 bits per heavy atom. The minimum Gasteiger partial charge on any atom is -0.490 e. The van der Waals surface area contributed by atoms with Crippen LogP contribution < -0.4 is 10.1 Å². The molecule has 2 heterocycles. The van der Waals surface area contributed by atoms with E-state index < -0.39 is 0 Å². The van der Waals surface area contributed by atoms with Crippen molar-refractivity contribution >= 4 is 11.8 Å². The number of ether oxygens (including phenoxy) is 1. The molecule has 19 heavy (non-hydrogen) atoms. The fraction of sp³-hybridized carbons (Fsp3) is 0.625. The van der Waals surface area contributed by atoms with Crippen molar-refractivity contribution in [3.05, 3.63) is 29.8 Å². The summed E-state index contributed by atoms with van der Waals surface area (Å²) in [5.41, 5.74) is 1.46. The van der Waals surface area contributed by atoms with Gasteiger partial charge in [0.1, 0.15) is 11.9 Å². The minimum atomic E-state index is 0.431. The molecule has 1 N–H and O–H groups in total. The molecule has 2 saturated heterocycles. The maximum absolute atomic E-state index is 5.99. The number of piperidine rings is 1. The Labute approximate surface area is 120 Å². The lowest BCUT2D eigenvalue weighted by molar-refractivity contribution is 0.229. The van der Waals surface area contributed by atoms with Gasteiger partial charge in [-0.05, 0) is 68.1 Å². The van der Waals surface area contributed by atoms with Crippen molar-refractivity contribution < 1.29 is 4.74 Å². The number of thioether (sulfide) groups is 1. The topological polar surface area (TPSA) is 21.3 Å². The maximum Gasteiger partial charge on any atom is 0.119 e. The van der Waals surface area contributed by atoms with Gasteiger partial charge in [0.2, 0.25) is 0 Å². The zero-order valence-electron chi connectivity index (χ0n) is 11.4. The van der Waals surface area contributed by atoms with Gasteiger partial charge in [-0.1, -0.05) is 12.1 Å². The molecule has 0 bridgehead atoms. The van der Waals surface area contributed by atoms with E-state index in [4.69, 9.17) is 4.74 Å². The second-order valence-electron chi connectivity index (χ2n) is 5.64. The summed E-state index contributed by atoms with van der Waals surface area (Å²) in [4.78, 5) is 0. The van der Waals surface area contributed by atoms with Crippen molar-refractivity contribution in [3.8, 4) is 5.75 Å². The predicted octanol–water partition coefficient (Wildman–Crippen LogP) is 3.11. The first-order chi connectivity index (χ1) is 9.40. The Morgan fingerprint density at radius 3 is 2.58 bits per heavy atom. The van der Waals surface area contributed by atoms with E-state index in [1.54, 1.807) is 0 Å². The zero-order chi connectivity index (χ0) is 12.9. The van der Waals surface area contributed by atoms with E-state index in [-0.39, 0.29) is 0 Å². The van der Waals surface area contributed by atoms with E-state index in [1.807, 2.05) is 11.8 Å². The average molecular weight is 277 g/mol. The summed E-state index contributed by atoms with van der Waals surface area (Å²) in [7, 11) is 0. The maximum atomic E-state index is 5.99. The van der Waals surface area contributed by atoms with Crippen LogP contribution in [0.15, 0.2) is 24.3 Å². The molecule has 0 aromatic heterocycles. The van der Waals surface area contributed by atoms with Crippen LogP contribution in [0, 0.1) is 5.92 Å². The van der Waals surface area contributed by atoms with Crippen molar-refractivity contribution in [2.75, 3.05) is 24.6 Å². The number of benzene rings is 1. The molecular formula is C16H23NOS. The van der Waals surface area contributed by atoms with Gasteiger partial charge in [-0.3, -0.25) is 0 Å². The third-order valence-electron chi connectivity index (χ3n) is 4.10. The fourth-order valence-electron chi connectivity index (χ4n) is 2.92. The van der Waals surface area contributed by atoms with E-state index in [0.29, 0.717) is 6.10 Å². The quantitative estimate of drug-likeness (QED) is 0.913. The van der Waals surface area contributed by atoms with Crippen LogP contribution in [-0.2, 0) is 6.42 Å². The number of nitrogens with one attached hydrogen (secondary N) is 1. The molecule has 2 aliphatic heterocycles. The highest BCUT2D eigenvalue weighted by molar-refractivity contribution is 7.99. The fourth-order valence-corrected chi connectivity index (χ4v) is 4.02.